The van der Waals surface area contributed by atoms with Gasteiger partial charge in [-0.3, -0.25) is 0 Å². The molecule has 2 nitrogen and oxygen atoms in total. The SMILES string of the molecule is CCc1ncc2c(Cl)cccc2n1. The molecule has 0 amide bonds. The third-order valence-electron chi connectivity index (χ3n) is 1.94. The summed E-state index contributed by atoms with van der Waals surface area (Å²) in [6, 6.07) is 5.69. The Balaban J connectivity index is 2.72. The van der Waals surface area contributed by atoms with Gasteiger partial charge in [0.1, 0.15) is 5.82 Å². The van der Waals surface area contributed by atoms with Gasteiger partial charge in [0.25, 0.3) is 0 Å². The number of hydrogen-bond acceptors (Lipinski definition) is 2. The average molecular weight is 193 g/mol. The summed E-state index contributed by atoms with van der Waals surface area (Å²) < 4.78 is 0. The summed E-state index contributed by atoms with van der Waals surface area (Å²) >= 11 is 5.97. The minimum absolute atomic E-state index is 0.708. The van der Waals surface area contributed by atoms with Crippen LogP contribution in [0, 0.1) is 0 Å². The molecule has 1 heterocycles. The van der Waals surface area contributed by atoms with Crippen molar-refractivity contribution in [2.45, 2.75) is 13.3 Å². The smallest absolute Gasteiger partial charge is 0.128 e. The first-order valence-corrected chi connectivity index (χ1v) is 4.59. The van der Waals surface area contributed by atoms with Crippen molar-refractivity contribution in [1.29, 1.82) is 0 Å². The van der Waals surface area contributed by atoms with E-state index in [1.165, 1.54) is 0 Å². The van der Waals surface area contributed by atoms with Crippen LogP contribution in [0.3, 0.4) is 0 Å². The lowest BCUT2D eigenvalue weighted by Gasteiger charge is -2.00. The van der Waals surface area contributed by atoms with E-state index in [4.69, 9.17) is 11.6 Å². The molecule has 0 aliphatic heterocycles. The molecule has 0 aliphatic rings. The van der Waals surface area contributed by atoms with Crippen molar-refractivity contribution < 1.29 is 0 Å². The summed E-state index contributed by atoms with van der Waals surface area (Å²) in [5.41, 5.74) is 0.916. The first kappa shape index (κ1) is 8.45. The molecule has 2 aromatic rings. The van der Waals surface area contributed by atoms with Crippen molar-refractivity contribution >= 4 is 22.5 Å². The lowest BCUT2D eigenvalue weighted by molar-refractivity contribution is 0.961. The Labute approximate surface area is 81.6 Å². The zero-order valence-electron chi connectivity index (χ0n) is 7.29. The number of aryl methyl sites for hydroxylation is 1. The monoisotopic (exact) mass is 192 g/mol. The summed E-state index contributed by atoms with van der Waals surface area (Å²) in [5.74, 6) is 0.856. The van der Waals surface area contributed by atoms with E-state index in [2.05, 4.69) is 9.97 Å². The van der Waals surface area contributed by atoms with E-state index in [9.17, 15) is 0 Å². The van der Waals surface area contributed by atoms with Crippen LogP contribution in [0.4, 0.5) is 0 Å². The van der Waals surface area contributed by atoms with Gasteiger partial charge in [-0.1, -0.05) is 24.6 Å². The van der Waals surface area contributed by atoms with Crippen LogP contribution in [0.5, 0.6) is 0 Å². The van der Waals surface area contributed by atoms with Gasteiger partial charge >= 0.3 is 0 Å². The van der Waals surface area contributed by atoms with Crippen molar-refractivity contribution in [2.75, 3.05) is 0 Å². The van der Waals surface area contributed by atoms with Gasteiger partial charge in [-0.15, -0.1) is 0 Å². The Hall–Kier alpha value is -1.15. The fourth-order valence-corrected chi connectivity index (χ4v) is 1.45. The molecule has 13 heavy (non-hydrogen) atoms. The lowest BCUT2D eigenvalue weighted by atomic mass is 10.2. The largest absolute Gasteiger partial charge is 0.241 e. The number of aromatic nitrogens is 2. The van der Waals surface area contributed by atoms with Gasteiger partial charge in [0, 0.05) is 18.0 Å². The molecule has 0 unspecified atom stereocenters. The van der Waals surface area contributed by atoms with Crippen molar-refractivity contribution in [1.82, 2.24) is 9.97 Å². The first-order chi connectivity index (χ1) is 6.31. The highest BCUT2D eigenvalue weighted by Crippen LogP contribution is 2.20. The van der Waals surface area contributed by atoms with Crippen LogP contribution in [0.1, 0.15) is 12.7 Å². The van der Waals surface area contributed by atoms with Gasteiger partial charge in [-0.05, 0) is 12.1 Å². The fourth-order valence-electron chi connectivity index (χ4n) is 1.23. The summed E-state index contributed by atoms with van der Waals surface area (Å²) in [4.78, 5) is 8.55. The maximum atomic E-state index is 5.97. The molecule has 0 N–H and O–H groups in total. The molecule has 66 valence electrons. The molecule has 0 aliphatic carbocycles. The van der Waals surface area contributed by atoms with E-state index in [1.807, 2.05) is 25.1 Å². The minimum Gasteiger partial charge on any atom is -0.241 e. The minimum atomic E-state index is 0.708. The van der Waals surface area contributed by atoms with Crippen molar-refractivity contribution in [2.24, 2.45) is 0 Å². The second-order valence-electron chi connectivity index (χ2n) is 2.81. The molecule has 0 bridgehead atoms. The molecule has 0 atom stereocenters. The summed E-state index contributed by atoms with van der Waals surface area (Å²) in [5, 5.41) is 1.63. The van der Waals surface area contributed by atoms with Gasteiger partial charge in [-0.25, -0.2) is 9.97 Å². The van der Waals surface area contributed by atoms with Crippen molar-refractivity contribution in [3.63, 3.8) is 0 Å². The molecule has 3 heteroatoms. The summed E-state index contributed by atoms with van der Waals surface area (Å²) in [6.45, 7) is 2.03. The topological polar surface area (TPSA) is 25.8 Å². The van der Waals surface area contributed by atoms with Gasteiger partial charge in [-0.2, -0.15) is 0 Å². The third-order valence-corrected chi connectivity index (χ3v) is 2.27. The predicted molar refractivity (Wildman–Crippen MR) is 53.9 cm³/mol. The van der Waals surface area contributed by atoms with Crippen LogP contribution in [0.15, 0.2) is 24.4 Å². The van der Waals surface area contributed by atoms with Crippen LogP contribution in [0.25, 0.3) is 10.9 Å². The molecule has 0 saturated carbocycles. The number of hydrogen-bond donors (Lipinski definition) is 0. The molecule has 0 saturated heterocycles. The molecular formula is C10H9ClN2. The van der Waals surface area contributed by atoms with Gasteiger partial charge in [0.05, 0.1) is 10.5 Å². The van der Waals surface area contributed by atoms with Crippen LogP contribution >= 0.6 is 11.6 Å². The molecule has 0 radical (unpaired) electrons. The Morgan fingerprint density at radius 2 is 2.23 bits per heavy atom. The van der Waals surface area contributed by atoms with E-state index < -0.39 is 0 Å². The van der Waals surface area contributed by atoms with E-state index in [0.29, 0.717) is 5.02 Å². The number of fused-ring (bicyclic) bond motifs is 1. The fraction of sp³-hybridized carbons (Fsp3) is 0.200. The Morgan fingerprint density at radius 1 is 1.38 bits per heavy atom. The Morgan fingerprint density at radius 3 is 3.00 bits per heavy atom. The van der Waals surface area contributed by atoms with E-state index in [1.54, 1.807) is 6.20 Å². The highest BCUT2D eigenvalue weighted by molar-refractivity contribution is 6.35. The van der Waals surface area contributed by atoms with E-state index in [-0.39, 0.29) is 0 Å². The number of rotatable bonds is 1. The van der Waals surface area contributed by atoms with Gasteiger partial charge in [0.2, 0.25) is 0 Å². The molecular weight excluding hydrogens is 184 g/mol. The molecule has 0 spiro atoms. The highest BCUT2D eigenvalue weighted by Gasteiger charge is 2.00. The van der Waals surface area contributed by atoms with Crippen LogP contribution < -0.4 is 0 Å². The Bertz CT molecular complexity index is 440. The zero-order chi connectivity index (χ0) is 9.26. The number of nitrogens with zero attached hydrogens (tertiary/aromatic N) is 2. The van der Waals surface area contributed by atoms with E-state index in [0.717, 1.165) is 23.1 Å². The van der Waals surface area contributed by atoms with Crippen molar-refractivity contribution in [3.05, 3.63) is 35.2 Å². The van der Waals surface area contributed by atoms with Crippen LogP contribution in [-0.2, 0) is 6.42 Å². The van der Waals surface area contributed by atoms with Crippen LogP contribution in [-0.4, -0.2) is 9.97 Å². The van der Waals surface area contributed by atoms with Gasteiger partial charge < -0.3 is 0 Å². The maximum Gasteiger partial charge on any atom is 0.128 e. The first-order valence-electron chi connectivity index (χ1n) is 4.21. The molecule has 1 aromatic heterocycles. The van der Waals surface area contributed by atoms with Crippen molar-refractivity contribution in [3.8, 4) is 0 Å². The van der Waals surface area contributed by atoms with E-state index >= 15 is 0 Å². The molecule has 0 fully saturated rings. The second kappa shape index (κ2) is 3.30. The second-order valence-corrected chi connectivity index (χ2v) is 3.22. The Kier molecular flexibility index (Phi) is 2.15. The molecule has 1 aromatic carbocycles. The normalized spacial score (nSPS) is 10.6. The maximum absolute atomic E-state index is 5.97. The summed E-state index contributed by atoms with van der Waals surface area (Å²) in [7, 11) is 0. The van der Waals surface area contributed by atoms with Crippen LogP contribution in [0.2, 0.25) is 5.02 Å². The number of benzene rings is 1. The quantitative estimate of drug-likeness (QED) is 0.695. The standard InChI is InChI=1S/C10H9ClN2/c1-2-10-12-6-7-8(11)4-3-5-9(7)13-10/h3-6H,2H2,1H3. The third kappa shape index (κ3) is 1.49. The summed E-state index contributed by atoms with van der Waals surface area (Å²) in [6.07, 6.45) is 2.63. The average Bonchev–Trinajstić information content (AvgIpc) is 2.18. The predicted octanol–water partition coefficient (Wildman–Crippen LogP) is 2.85. The zero-order valence-corrected chi connectivity index (χ0v) is 8.04. The molecule has 2 rings (SSSR count). The number of halogens is 1. The lowest BCUT2D eigenvalue weighted by Crippen LogP contribution is -1.92. The highest BCUT2D eigenvalue weighted by atomic mass is 35.5. The van der Waals surface area contributed by atoms with Gasteiger partial charge in [0.15, 0.2) is 0 Å².